The second kappa shape index (κ2) is 9.79. The first-order valence-electron chi connectivity index (χ1n) is 8.60. The second-order valence-corrected chi connectivity index (χ2v) is 6.50. The SMILES string of the molecule is O=C(O)[C@@]1(Cc2ccccc2)CCN(CCn2cnnc2)C[C@@H]1O.O=CO. The molecular weight excluding hydrogens is 352 g/mol. The van der Waals surface area contributed by atoms with E-state index in [-0.39, 0.29) is 6.47 Å². The van der Waals surface area contributed by atoms with Gasteiger partial charge in [0.2, 0.25) is 0 Å². The van der Waals surface area contributed by atoms with Crippen molar-refractivity contribution in [3.05, 3.63) is 48.5 Å². The third-order valence-electron chi connectivity index (χ3n) is 4.87. The summed E-state index contributed by atoms with van der Waals surface area (Å²) in [4.78, 5) is 22.4. The van der Waals surface area contributed by atoms with E-state index in [1.54, 1.807) is 12.7 Å². The summed E-state index contributed by atoms with van der Waals surface area (Å²) in [6.07, 6.45) is 3.18. The van der Waals surface area contributed by atoms with Crippen LogP contribution < -0.4 is 0 Å². The van der Waals surface area contributed by atoms with Gasteiger partial charge < -0.3 is 19.9 Å². The van der Waals surface area contributed by atoms with Gasteiger partial charge in [0.1, 0.15) is 18.1 Å². The number of β-amino-alcohol motifs (C(OH)–C–C–N with tert-alkyl or cyclic N) is 1. The smallest absolute Gasteiger partial charge is 0.312 e. The molecule has 1 aromatic heterocycles. The zero-order valence-corrected chi connectivity index (χ0v) is 14.9. The van der Waals surface area contributed by atoms with E-state index in [0.29, 0.717) is 25.9 Å². The monoisotopic (exact) mass is 376 g/mol. The molecule has 0 amide bonds. The minimum Gasteiger partial charge on any atom is -0.483 e. The van der Waals surface area contributed by atoms with Gasteiger partial charge in [-0.1, -0.05) is 30.3 Å². The summed E-state index contributed by atoms with van der Waals surface area (Å²) in [7, 11) is 0. The number of aliphatic hydroxyl groups is 1. The molecule has 2 atom stereocenters. The number of rotatable bonds is 6. The van der Waals surface area contributed by atoms with Gasteiger partial charge in [-0.15, -0.1) is 10.2 Å². The number of carbonyl (C=O) groups is 2. The largest absolute Gasteiger partial charge is 0.483 e. The van der Waals surface area contributed by atoms with Crippen molar-refractivity contribution < 1.29 is 24.9 Å². The molecule has 9 nitrogen and oxygen atoms in total. The highest BCUT2D eigenvalue weighted by atomic mass is 16.4. The lowest BCUT2D eigenvalue weighted by Crippen LogP contribution is -2.56. The lowest BCUT2D eigenvalue weighted by molar-refractivity contribution is -0.162. The Labute approximate surface area is 156 Å². The van der Waals surface area contributed by atoms with Crippen LogP contribution in [0.5, 0.6) is 0 Å². The zero-order valence-electron chi connectivity index (χ0n) is 14.9. The maximum absolute atomic E-state index is 11.9. The number of aliphatic hydroxyl groups excluding tert-OH is 1. The molecule has 0 saturated carbocycles. The maximum Gasteiger partial charge on any atom is 0.312 e. The molecule has 1 aliphatic heterocycles. The van der Waals surface area contributed by atoms with Crippen LogP contribution in [0.15, 0.2) is 43.0 Å². The van der Waals surface area contributed by atoms with Crippen molar-refractivity contribution in [2.45, 2.75) is 25.5 Å². The Morgan fingerprint density at radius 3 is 2.41 bits per heavy atom. The van der Waals surface area contributed by atoms with Crippen molar-refractivity contribution in [1.29, 1.82) is 0 Å². The van der Waals surface area contributed by atoms with Crippen LogP contribution in [0.3, 0.4) is 0 Å². The van der Waals surface area contributed by atoms with E-state index in [2.05, 4.69) is 15.1 Å². The molecule has 1 aliphatic rings. The van der Waals surface area contributed by atoms with Gasteiger partial charge >= 0.3 is 5.97 Å². The molecule has 0 radical (unpaired) electrons. The topological polar surface area (TPSA) is 129 Å². The van der Waals surface area contributed by atoms with Crippen molar-refractivity contribution in [2.75, 3.05) is 19.6 Å². The van der Waals surface area contributed by atoms with Gasteiger partial charge in [0, 0.05) is 19.6 Å². The number of hydrogen-bond donors (Lipinski definition) is 3. The Morgan fingerprint density at radius 2 is 1.85 bits per heavy atom. The predicted molar refractivity (Wildman–Crippen MR) is 96.0 cm³/mol. The van der Waals surface area contributed by atoms with E-state index >= 15 is 0 Å². The molecule has 1 fully saturated rings. The number of benzene rings is 1. The molecule has 0 bridgehead atoms. The van der Waals surface area contributed by atoms with Crippen molar-refractivity contribution >= 4 is 12.4 Å². The molecular formula is C18H24N4O5. The molecule has 2 heterocycles. The third-order valence-corrected chi connectivity index (χ3v) is 4.87. The summed E-state index contributed by atoms with van der Waals surface area (Å²) in [6.45, 7) is 2.22. The molecule has 9 heteroatoms. The van der Waals surface area contributed by atoms with Crippen LogP contribution in [0.25, 0.3) is 0 Å². The van der Waals surface area contributed by atoms with Crippen LogP contribution in [0.1, 0.15) is 12.0 Å². The van der Waals surface area contributed by atoms with E-state index < -0.39 is 17.5 Å². The molecule has 0 spiro atoms. The molecule has 0 aliphatic carbocycles. The number of carboxylic acid groups (broad SMARTS) is 2. The Balaban J connectivity index is 0.000000817. The second-order valence-electron chi connectivity index (χ2n) is 6.50. The van der Waals surface area contributed by atoms with Crippen LogP contribution >= 0.6 is 0 Å². The Bertz CT molecular complexity index is 710. The summed E-state index contributed by atoms with van der Waals surface area (Å²) < 4.78 is 1.87. The number of piperidine rings is 1. The molecule has 0 unspecified atom stereocenters. The molecule has 146 valence electrons. The van der Waals surface area contributed by atoms with Crippen molar-refractivity contribution in [2.24, 2.45) is 5.41 Å². The fourth-order valence-electron chi connectivity index (χ4n) is 3.32. The lowest BCUT2D eigenvalue weighted by atomic mass is 9.71. The number of nitrogens with zero attached hydrogens (tertiary/aromatic N) is 4. The minimum atomic E-state index is -1.12. The standard InChI is InChI=1S/C17H22N4O3.CH2O2/c22-15-11-20(8-9-21-12-18-19-13-21)7-6-17(15,16(23)24)10-14-4-2-1-3-5-14;2-1-3/h1-5,12-13,15,22H,6-11H2,(H,23,24);1H,(H,2,3)/t15-,17+;/m0./s1. The third kappa shape index (κ3) is 5.35. The highest BCUT2D eigenvalue weighted by Gasteiger charge is 2.48. The first-order valence-corrected chi connectivity index (χ1v) is 8.60. The highest BCUT2D eigenvalue weighted by molar-refractivity contribution is 5.76. The van der Waals surface area contributed by atoms with Crippen molar-refractivity contribution in [3.63, 3.8) is 0 Å². The lowest BCUT2D eigenvalue weighted by Gasteiger charge is -2.43. The molecule has 1 aromatic carbocycles. The maximum atomic E-state index is 11.9. The van der Waals surface area contributed by atoms with Crippen LogP contribution in [0, 0.1) is 5.41 Å². The summed E-state index contributed by atoms with van der Waals surface area (Å²) >= 11 is 0. The van der Waals surface area contributed by atoms with Crippen LogP contribution in [-0.4, -0.2) is 73.2 Å². The number of aromatic nitrogens is 3. The number of aliphatic carboxylic acids is 1. The van der Waals surface area contributed by atoms with Crippen LogP contribution in [-0.2, 0) is 22.6 Å². The Morgan fingerprint density at radius 1 is 1.22 bits per heavy atom. The van der Waals surface area contributed by atoms with Gasteiger partial charge in [-0.05, 0) is 24.9 Å². The van der Waals surface area contributed by atoms with Gasteiger partial charge in [0.25, 0.3) is 6.47 Å². The minimum absolute atomic E-state index is 0.250. The van der Waals surface area contributed by atoms with E-state index in [0.717, 1.165) is 18.7 Å². The van der Waals surface area contributed by atoms with Gasteiger partial charge in [0.05, 0.1) is 6.10 Å². The first-order chi connectivity index (χ1) is 13.0. The fourth-order valence-corrected chi connectivity index (χ4v) is 3.32. The zero-order chi connectivity index (χ0) is 19.7. The van der Waals surface area contributed by atoms with Crippen molar-refractivity contribution in [3.8, 4) is 0 Å². The van der Waals surface area contributed by atoms with Gasteiger partial charge in [-0.25, -0.2) is 0 Å². The average Bonchev–Trinajstić information content (AvgIpc) is 3.17. The van der Waals surface area contributed by atoms with Gasteiger partial charge in [-0.3, -0.25) is 14.5 Å². The fraction of sp³-hybridized carbons (Fsp3) is 0.444. The van der Waals surface area contributed by atoms with Crippen LogP contribution in [0.2, 0.25) is 0 Å². The summed E-state index contributed by atoms with van der Waals surface area (Å²) in [5.41, 5.74) is -0.175. The van der Waals surface area contributed by atoms with E-state index in [4.69, 9.17) is 9.90 Å². The normalized spacial score (nSPS) is 22.5. The Kier molecular flexibility index (Phi) is 7.44. The highest BCUT2D eigenvalue weighted by Crippen LogP contribution is 2.36. The Hall–Kier alpha value is -2.78. The predicted octanol–water partition coefficient (Wildman–Crippen LogP) is 0.359. The molecule has 3 N–H and O–H groups in total. The summed E-state index contributed by atoms with van der Waals surface area (Å²) in [5, 5.41) is 34.8. The van der Waals surface area contributed by atoms with E-state index in [1.165, 1.54) is 0 Å². The molecule has 1 saturated heterocycles. The van der Waals surface area contributed by atoms with E-state index in [1.807, 2.05) is 34.9 Å². The molecule has 27 heavy (non-hydrogen) atoms. The summed E-state index contributed by atoms with van der Waals surface area (Å²) in [5.74, 6) is -0.919. The summed E-state index contributed by atoms with van der Waals surface area (Å²) in [6, 6.07) is 9.52. The quantitative estimate of drug-likeness (QED) is 0.617. The number of likely N-dealkylation sites (tertiary alicyclic amines) is 1. The van der Waals surface area contributed by atoms with Crippen LogP contribution in [0.4, 0.5) is 0 Å². The average molecular weight is 376 g/mol. The van der Waals surface area contributed by atoms with Gasteiger partial charge in [-0.2, -0.15) is 0 Å². The number of carboxylic acids is 1. The van der Waals surface area contributed by atoms with Crippen molar-refractivity contribution in [1.82, 2.24) is 19.7 Å². The van der Waals surface area contributed by atoms with Gasteiger partial charge in [0.15, 0.2) is 0 Å². The molecule has 2 aromatic rings. The van der Waals surface area contributed by atoms with E-state index in [9.17, 15) is 15.0 Å². The molecule has 3 rings (SSSR count). The first kappa shape index (κ1) is 20.5. The number of hydrogen-bond acceptors (Lipinski definition) is 6.